The Hall–Kier alpha value is -2.59. The second-order valence-electron chi connectivity index (χ2n) is 8.88. The van der Waals surface area contributed by atoms with E-state index in [0.29, 0.717) is 27.7 Å². The molecule has 1 aliphatic carbocycles. The number of aryl methyl sites for hydroxylation is 2. The minimum absolute atomic E-state index is 0.0394. The van der Waals surface area contributed by atoms with Crippen LogP contribution in [0.25, 0.3) is 5.69 Å². The molecular weight excluding hydrogens is 480 g/mol. The van der Waals surface area contributed by atoms with Crippen LogP contribution in [0.4, 0.5) is 0 Å². The lowest BCUT2D eigenvalue weighted by Gasteiger charge is -2.29. The van der Waals surface area contributed by atoms with Gasteiger partial charge in [-0.2, -0.15) is 0 Å². The Morgan fingerprint density at radius 2 is 1.80 bits per heavy atom. The summed E-state index contributed by atoms with van der Waals surface area (Å²) >= 11 is 2.92. The Balaban J connectivity index is 1.50. The van der Waals surface area contributed by atoms with Crippen molar-refractivity contribution in [3.63, 3.8) is 0 Å². The number of nitrogens with one attached hydrogen (secondary N) is 1. The summed E-state index contributed by atoms with van der Waals surface area (Å²) in [6.45, 7) is 6.15. The van der Waals surface area contributed by atoms with E-state index in [1.165, 1.54) is 42.8 Å². The molecule has 0 aliphatic heterocycles. The van der Waals surface area contributed by atoms with Gasteiger partial charge in [0, 0.05) is 23.1 Å². The summed E-state index contributed by atoms with van der Waals surface area (Å²) in [5.41, 5.74) is 2.79. The maximum atomic E-state index is 12.7. The summed E-state index contributed by atoms with van der Waals surface area (Å²) in [7, 11) is 1.65. The lowest BCUT2D eigenvalue weighted by molar-refractivity contribution is -0.119. The number of hydrogen-bond acceptors (Lipinski definition) is 8. The van der Waals surface area contributed by atoms with Gasteiger partial charge in [0.1, 0.15) is 11.6 Å². The molecule has 2 aromatic heterocycles. The summed E-state index contributed by atoms with van der Waals surface area (Å²) in [4.78, 5) is 21.8. The number of hydrogen-bond donors (Lipinski definition) is 1. The largest absolute Gasteiger partial charge is 0.497 e. The minimum atomic E-state index is 0.0394. The molecule has 1 amide bonds. The number of carbonyl (C=O) groups is 1. The van der Waals surface area contributed by atoms with Crippen molar-refractivity contribution in [2.24, 2.45) is 5.92 Å². The van der Waals surface area contributed by atoms with Gasteiger partial charge < -0.3 is 10.1 Å². The van der Waals surface area contributed by atoms with Crippen LogP contribution in [0.2, 0.25) is 0 Å². The van der Waals surface area contributed by atoms with Crippen LogP contribution < -0.4 is 10.1 Å². The molecule has 1 fully saturated rings. The van der Waals surface area contributed by atoms with Crippen molar-refractivity contribution in [1.29, 1.82) is 0 Å². The van der Waals surface area contributed by atoms with Gasteiger partial charge in [0.15, 0.2) is 10.3 Å². The third-order valence-electron chi connectivity index (χ3n) is 6.11. The highest BCUT2D eigenvalue weighted by molar-refractivity contribution is 7.99. The van der Waals surface area contributed by atoms with Gasteiger partial charge in [-0.3, -0.25) is 9.36 Å². The Morgan fingerprint density at radius 3 is 2.49 bits per heavy atom. The second kappa shape index (κ2) is 11.9. The standard InChI is InChI=1S/C25H32N6O2S2/c1-16-7-5-6-8-21(16)28-23(32)15-35-25-30-29-22(14-34-24-26-17(2)13-18(3)27-24)31(25)19-9-11-20(33-4)12-10-19/h9-13,16,21H,5-8,14-15H2,1-4H3,(H,28,32). The summed E-state index contributed by atoms with van der Waals surface area (Å²) in [5.74, 6) is 2.96. The van der Waals surface area contributed by atoms with Gasteiger partial charge in [-0.25, -0.2) is 9.97 Å². The van der Waals surface area contributed by atoms with Crippen molar-refractivity contribution in [1.82, 2.24) is 30.0 Å². The quantitative estimate of drug-likeness (QED) is 0.324. The van der Waals surface area contributed by atoms with E-state index >= 15 is 0 Å². The highest BCUT2D eigenvalue weighted by Crippen LogP contribution is 2.28. The minimum Gasteiger partial charge on any atom is -0.497 e. The summed E-state index contributed by atoms with van der Waals surface area (Å²) in [5, 5.41) is 13.5. The van der Waals surface area contributed by atoms with Crippen LogP contribution in [0.1, 0.15) is 49.8 Å². The van der Waals surface area contributed by atoms with Crippen molar-refractivity contribution in [2.75, 3.05) is 12.9 Å². The first-order valence-corrected chi connectivity index (χ1v) is 13.9. The lowest BCUT2D eigenvalue weighted by Crippen LogP contribution is -2.41. The molecule has 2 unspecified atom stereocenters. The van der Waals surface area contributed by atoms with E-state index in [-0.39, 0.29) is 11.9 Å². The second-order valence-corrected chi connectivity index (χ2v) is 10.8. The molecule has 1 N–H and O–H groups in total. The SMILES string of the molecule is COc1ccc(-n2c(CSc3nc(C)cc(C)n3)nnc2SCC(=O)NC2CCCCC2C)cc1. The third kappa shape index (κ3) is 6.76. The van der Waals surface area contributed by atoms with Crippen LogP contribution in [0.15, 0.2) is 40.6 Å². The number of carbonyl (C=O) groups excluding carboxylic acids is 1. The molecule has 0 bridgehead atoms. The normalized spacial score (nSPS) is 17.8. The van der Waals surface area contributed by atoms with Crippen LogP contribution in [0.5, 0.6) is 5.75 Å². The van der Waals surface area contributed by atoms with Gasteiger partial charge in [0.25, 0.3) is 0 Å². The Labute approximate surface area is 215 Å². The number of thioether (sulfide) groups is 2. The molecule has 0 spiro atoms. The Kier molecular flexibility index (Phi) is 8.67. The molecule has 1 aliphatic rings. The van der Waals surface area contributed by atoms with Crippen molar-refractivity contribution in [2.45, 2.75) is 68.6 Å². The van der Waals surface area contributed by atoms with E-state index < -0.39 is 0 Å². The molecule has 1 saturated carbocycles. The first kappa shape index (κ1) is 25.5. The predicted molar refractivity (Wildman–Crippen MR) is 139 cm³/mol. The van der Waals surface area contributed by atoms with Gasteiger partial charge >= 0.3 is 0 Å². The van der Waals surface area contributed by atoms with Crippen molar-refractivity contribution in [3.8, 4) is 11.4 Å². The highest BCUT2D eigenvalue weighted by Gasteiger charge is 2.23. The fourth-order valence-corrected chi connectivity index (χ4v) is 5.92. The lowest BCUT2D eigenvalue weighted by atomic mass is 9.86. The van der Waals surface area contributed by atoms with Gasteiger partial charge in [-0.1, -0.05) is 43.3 Å². The third-order valence-corrected chi connectivity index (χ3v) is 7.89. The van der Waals surface area contributed by atoms with Crippen LogP contribution in [-0.4, -0.2) is 49.5 Å². The van der Waals surface area contributed by atoms with Gasteiger partial charge in [-0.15, -0.1) is 10.2 Å². The summed E-state index contributed by atoms with van der Waals surface area (Å²) in [6, 6.07) is 9.98. The maximum absolute atomic E-state index is 12.7. The van der Waals surface area contributed by atoms with Crippen molar-refractivity contribution in [3.05, 3.63) is 47.5 Å². The van der Waals surface area contributed by atoms with E-state index in [1.807, 2.05) is 48.7 Å². The molecule has 186 valence electrons. The van der Waals surface area contributed by atoms with Gasteiger partial charge in [-0.05, 0) is 62.9 Å². The molecule has 35 heavy (non-hydrogen) atoms. The van der Waals surface area contributed by atoms with E-state index in [2.05, 4.69) is 32.4 Å². The van der Waals surface area contributed by atoms with Gasteiger partial charge in [0.2, 0.25) is 5.91 Å². The smallest absolute Gasteiger partial charge is 0.230 e. The summed E-state index contributed by atoms with van der Waals surface area (Å²) < 4.78 is 7.31. The zero-order chi connectivity index (χ0) is 24.8. The summed E-state index contributed by atoms with van der Waals surface area (Å²) in [6.07, 6.45) is 4.66. The number of rotatable bonds is 9. The van der Waals surface area contributed by atoms with Crippen LogP contribution in [0.3, 0.4) is 0 Å². The zero-order valence-corrected chi connectivity index (χ0v) is 22.3. The first-order valence-electron chi connectivity index (χ1n) is 11.9. The maximum Gasteiger partial charge on any atom is 0.230 e. The number of methoxy groups -OCH3 is 1. The number of aromatic nitrogens is 5. The topological polar surface area (TPSA) is 94.8 Å². The van der Waals surface area contributed by atoms with Gasteiger partial charge in [0.05, 0.1) is 18.6 Å². The van der Waals surface area contributed by atoms with E-state index in [0.717, 1.165) is 35.1 Å². The van der Waals surface area contributed by atoms with Crippen molar-refractivity contribution < 1.29 is 9.53 Å². The van der Waals surface area contributed by atoms with Crippen LogP contribution in [0, 0.1) is 19.8 Å². The average molecular weight is 513 g/mol. The zero-order valence-electron chi connectivity index (χ0n) is 20.7. The number of ether oxygens (including phenoxy) is 1. The van der Waals surface area contributed by atoms with E-state index in [9.17, 15) is 4.79 Å². The van der Waals surface area contributed by atoms with E-state index in [1.54, 1.807) is 7.11 Å². The number of benzene rings is 1. The molecule has 10 heteroatoms. The molecular formula is C25H32N6O2S2. The Bertz CT molecular complexity index is 1130. The molecule has 1 aromatic carbocycles. The van der Waals surface area contributed by atoms with Crippen molar-refractivity contribution >= 4 is 29.4 Å². The molecule has 8 nitrogen and oxygen atoms in total. The number of amides is 1. The molecule has 3 aromatic rings. The fraction of sp³-hybridized carbons (Fsp3) is 0.480. The molecule has 2 atom stereocenters. The molecule has 2 heterocycles. The molecule has 0 saturated heterocycles. The highest BCUT2D eigenvalue weighted by atomic mass is 32.2. The van der Waals surface area contributed by atoms with Crippen LogP contribution >= 0.6 is 23.5 Å². The fourth-order valence-electron chi connectivity index (χ4n) is 4.27. The predicted octanol–water partition coefficient (Wildman–Crippen LogP) is 4.76. The average Bonchev–Trinajstić information content (AvgIpc) is 3.25. The van der Waals surface area contributed by atoms with Crippen LogP contribution in [-0.2, 0) is 10.5 Å². The Morgan fingerprint density at radius 1 is 1.09 bits per heavy atom. The number of nitrogens with zero attached hydrogens (tertiary/aromatic N) is 5. The monoisotopic (exact) mass is 512 g/mol. The van der Waals surface area contributed by atoms with E-state index in [4.69, 9.17) is 4.74 Å². The first-order chi connectivity index (χ1) is 16.9. The molecule has 0 radical (unpaired) electrons. The molecule has 4 rings (SSSR count).